The van der Waals surface area contributed by atoms with E-state index in [4.69, 9.17) is 17.3 Å². The SMILES string of the molecule is CC1CCCCCN1CC(=O)Nc1ccc(Cl)c(N)c1. The zero-order chi connectivity index (χ0) is 14.5. The maximum Gasteiger partial charge on any atom is 0.238 e. The van der Waals surface area contributed by atoms with Crippen molar-refractivity contribution in [3.8, 4) is 0 Å². The molecule has 1 heterocycles. The lowest BCUT2D eigenvalue weighted by Crippen LogP contribution is -2.39. The highest BCUT2D eigenvalue weighted by molar-refractivity contribution is 6.33. The van der Waals surface area contributed by atoms with Gasteiger partial charge in [0.2, 0.25) is 5.91 Å². The van der Waals surface area contributed by atoms with Crippen molar-refractivity contribution in [1.82, 2.24) is 4.90 Å². The normalized spacial score (nSPS) is 20.4. The monoisotopic (exact) mass is 295 g/mol. The van der Waals surface area contributed by atoms with Crippen molar-refractivity contribution in [3.05, 3.63) is 23.2 Å². The highest BCUT2D eigenvalue weighted by Gasteiger charge is 2.19. The summed E-state index contributed by atoms with van der Waals surface area (Å²) in [6.45, 7) is 3.62. The van der Waals surface area contributed by atoms with Crippen LogP contribution in [0, 0.1) is 0 Å². The fourth-order valence-electron chi connectivity index (χ4n) is 2.58. The van der Waals surface area contributed by atoms with Crippen LogP contribution in [0.4, 0.5) is 11.4 Å². The van der Waals surface area contributed by atoms with E-state index in [1.807, 2.05) is 0 Å². The molecule has 1 aliphatic heterocycles. The number of hydrogen-bond acceptors (Lipinski definition) is 3. The summed E-state index contributed by atoms with van der Waals surface area (Å²) < 4.78 is 0. The minimum atomic E-state index is 0.000437. The number of carbonyl (C=O) groups excluding carboxylic acids is 1. The largest absolute Gasteiger partial charge is 0.397 e. The van der Waals surface area contributed by atoms with Gasteiger partial charge in [0.05, 0.1) is 17.3 Å². The van der Waals surface area contributed by atoms with E-state index in [-0.39, 0.29) is 5.91 Å². The standard InChI is InChI=1S/C15H22ClN3O/c1-11-5-3-2-4-8-19(11)10-15(20)18-12-6-7-13(16)14(17)9-12/h6-7,9,11H,2-5,8,10,17H2,1H3,(H,18,20). The number of carbonyl (C=O) groups is 1. The molecule has 1 aromatic carbocycles. The van der Waals surface area contributed by atoms with Crippen LogP contribution in [0.3, 0.4) is 0 Å². The second kappa shape index (κ2) is 6.95. The van der Waals surface area contributed by atoms with Gasteiger partial charge in [-0.05, 0) is 44.5 Å². The third-order valence-corrected chi connectivity index (χ3v) is 4.16. The summed E-state index contributed by atoms with van der Waals surface area (Å²) in [4.78, 5) is 14.4. The molecule has 0 saturated carbocycles. The van der Waals surface area contributed by atoms with E-state index in [0.717, 1.165) is 6.54 Å². The molecule has 1 amide bonds. The summed E-state index contributed by atoms with van der Waals surface area (Å²) in [7, 11) is 0. The Bertz CT molecular complexity index is 478. The van der Waals surface area contributed by atoms with Crippen molar-refractivity contribution in [3.63, 3.8) is 0 Å². The first-order chi connectivity index (χ1) is 9.56. The number of nitrogens with two attached hydrogens (primary N) is 1. The minimum Gasteiger partial charge on any atom is -0.397 e. The first-order valence-corrected chi connectivity index (χ1v) is 7.53. The third kappa shape index (κ3) is 4.12. The van der Waals surface area contributed by atoms with Crippen LogP contribution >= 0.6 is 11.6 Å². The number of likely N-dealkylation sites (tertiary alicyclic amines) is 1. The average Bonchev–Trinajstić information content (AvgIpc) is 2.59. The summed E-state index contributed by atoms with van der Waals surface area (Å²) >= 11 is 5.86. The van der Waals surface area contributed by atoms with Crippen LogP contribution in [0.15, 0.2) is 18.2 Å². The van der Waals surface area contributed by atoms with E-state index in [0.29, 0.717) is 29.0 Å². The number of halogens is 1. The number of amides is 1. The molecule has 0 aliphatic carbocycles. The van der Waals surface area contributed by atoms with Gasteiger partial charge in [0.15, 0.2) is 0 Å². The summed E-state index contributed by atoms with van der Waals surface area (Å²) in [5.74, 6) is 0.000437. The van der Waals surface area contributed by atoms with E-state index in [9.17, 15) is 4.79 Å². The van der Waals surface area contributed by atoms with Crippen LogP contribution in [0.5, 0.6) is 0 Å². The highest BCUT2D eigenvalue weighted by Crippen LogP contribution is 2.22. The van der Waals surface area contributed by atoms with Gasteiger partial charge < -0.3 is 11.1 Å². The van der Waals surface area contributed by atoms with E-state index in [2.05, 4.69) is 17.1 Å². The number of hydrogen-bond donors (Lipinski definition) is 2. The van der Waals surface area contributed by atoms with Gasteiger partial charge in [-0.1, -0.05) is 24.4 Å². The van der Waals surface area contributed by atoms with Crippen molar-refractivity contribution in [2.45, 2.75) is 38.6 Å². The van der Waals surface area contributed by atoms with Crippen molar-refractivity contribution in [1.29, 1.82) is 0 Å². The number of rotatable bonds is 3. The topological polar surface area (TPSA) is 58.4 Å². The molecule has 3 N–H and O–H groups in total. The molecule has 1 atom stereocenters. The Morgan fingerprint density at radius 1 is 1.45 bits per heavy atom. The molecule has 1 aromatic rings. The first kappa shape index (κ1) is 15.1. The number of nitrogens with one attached hydrogen (secondary N) is 1. The van der Waals surface area contributed by atoms with E-state index in [1.165, 1.54) is 25.7 Å². The van der Waals surface area contributed by atoms with Crippen LogP contribution in [-0.2, 0) is 4.79 Å². The summed E-state index contributed by atoms with van der Waals surface area (Å²) in [5.41, 5.74) is 6.90. The van der Waals surface area contributed by atoms with Gasteiger partial charge in [-0.25, -0.2) is 0 Å². The fraction of sp³-hybridized carbons (Fsp3) is 0.533. The Kier molecular flexibility index (Phi) is 5.26. The second-order valence-corrected chi connectivity index (χ2v) is 5.86. The van der Waals surface area contributed by atoms with Crippen LogP contribution < -0.4 is 11.1 Å². The molecule has 0 aromatic heterocycles. The summed E-state index contributed by atoms with van der Waals surface area (Å²) in [5, 5.41) is 3.38. The lowest BCUT2D eigenvalue weighted by molar-refractivity contribution is -0.117. The van der Waals surface area contributed by atoms with Gasteiger partial charge in [0.25, 0.3) is 0 Å². The molecule has 1 unspecified atom stereocenters. The predicted molar refractivity (Wildman–Crippen MR) is 84.0 cm³/mol. The molecule has 0 spiro atoms. The summed E-state index contributed by atoms with van der Waals surface area (Å²) in [6.07, 6.45) is 4.86. The van der Waals surface area contributed by atoms with Crippen molar-refractivity contribution >= 4 is 28.9 Å². The molecule has 0 bridgehead atoms. The number of benzene rings is 1. The zero-order valence-corrected chi connectivity index (χ0v) is 12.6. The van der Waals surface area contributed by atoms with Gasteiger partial charge in [-0.3, -0.25) is 9.69 Å². The Morgan fingerprint density at radius 3 is 3.00 bits per heavy atom. The molecule has 2 rings (SSSR count). The zero-order valence-electron chi connectivity index (χ0n) is 11.9. The van der Waals surface area contributed by atoms with Crippen molar-refractivity contribution in [2.75, 3.05) is 24.1 Å². The maximum atomic E-state index is 12.1. The molecule has 1 aliphatic rings. The molecule has 1 fully saturated rings. The average molecular weight is 296 g/mol. The fourth-order valence-corrected chi connectivity index (χ4v) is 2.69. The van der Waals surface area contributed by atoms with E-state index < -0.39 is 0 Å². The Labute approximate surface area is 125 Å². The lowest BCUT2D eigenvalue weighted by Gasteiger charge is -2.26. The Balaban J connectivity index is 1.92. The quantitative estimate of drug-likeness (QED) is 0.842. The predicted octanol–water partition coefficient (Wildman–Crippen LogP) is 3.13. The van der Waals surface area contributed by atoms with Crippen LogP contribution in [-0.4, -0.2) is 29.9 Å². The molecule has 20 heavy (non-hydrogen) atoms. The third-order valence-electron chi connectivity index (χ3n) is 3.82. The van der Waals surface area contributed by atoms with Gasteiger partial charge in [-0.2, -0.15) is 0 Å². The van der Waals surface area contributed by atoms with Crippen LogP contribution in [0.25, 0.3) is 0 Å². The molecule has 4 nitrogen and oxygen atoms in total. The van der Waals surface area contributed by atoms with Gasteiger partial charge in [-0.15, -0.1) is 0 Å². The highest BCUT2D eigenvalue weighted by atomic mass is 35.5. The number of nitrogens with zero attached hydrogens (tertiary/aromatic N) is 1. The molecular formula is C15H22ClN3O. The van der Waals surface area contributed by atoms with Crippen molar-refractivity contribution < 1.29 is 4.79 Å². The van der Waals surface area contributed by atoms with Gasteiger partial charge in [0, 0.05) is 11.7 Å². The number of anilines is 2. The molecule has 0 radical (unpaired) electrons. The first-order valence-electron chi connectivity index (χ1n) is 7.15. The van der Waals surface area contributed by atoms with Crippen molar-refractivity contribution in [2.24, 2.45) is 0 Å². The van der Waals surface area contributed by atoms with E-state index >= 15 is 0 Å². The Morgan fingerprint density at radius 2 is 2.25 bits per heavy atom. The smallest absolute Gasteiger partial charge is 0.238 e. The van der Waals surface area contributed by atoms with Crippen LogP contribution in [0.1, 0.15) is 32.6 Å². The molecular weight excluding hydrogens is 274 g/mol. The molecule has 1 saturated heterocycles. The summed E-state index contributed by atoms with van der Waals surface area (Å²) in [6, 6.07) is 5.62. The molecule has 110 valence electrons. The minimum absolute atomic E-state index is 0.000437. The van der Waals surface area contributed by atoms with Crippen LogP contribution in [0.2, 0.25) is 5.02 Å². The van der Waals surface area contributed by atoms with Gasteiger partial charge >= 0.3 is 0 Å². The number of nitrogen functional groups attached to an aromatic ring is 1. The molecule has 5 heteroatoms. The maximum absolute atomic E-state index is 12.1. The van der Waals surface area contributed by atoms with E-state index in [1.54, 1.807) is 18.2 Å². The lowest BCUT2D eigenvalue weighted by atomic mass is 10.1. The van der Waals surface area contributed by atoms with Gasteiger partial charge in [0.1, 0.15) is 0 Å². The second-order valence-electron chi connectivity index (χ2n) is 5.45. The Hall–Kier alpha value is -1.26.